The Balaban J connectivity index is 2.96. The van der Waals surface area contributed by atoms with Crippen molar-refractivity contribution in [1.82, 2.24) is 5.32 Å². The van der Waals surface area contributed by atoms with Gasteiger partial charge >= 0.3 is 0 Å². The summed E-state index contributed by atoms with van der Waals surface area (Å²) in [4.78, 5) is 11.9. The molecule has 1 rings (SSSR count). The molecule has 0 radical (unpaired) electrons. The minimum absolute atomic E-state index is 0.129. The number of benzene rings is 1. The first-order chi connectivity index (χ1) is 11.1. The van der Waals surface area contributed by atoms with Crippen molar-refractivity contribution in [3.8, 4) is 18.2 Å². The Morgan fingerprint density at radius 1 is 1.22 bits per heavy atom. The molecule has 7 heteroatoms. The van der Waals surface area contributed by atoms with Crippen LogP contribution in [0.1, 0.15) is 15.9 Å². The number of carbonyl (C=O) groups excluding carboxylic acids is 1. The largest absolute Gasteiger partial charge is 0.383 e. The van der Waals surface area contributed by atoms with Crippen LogP contribution >= 0.6 is 0 Å². The number of hydrogen-bond donors (Lipinski definition) is 2. The van der Waals surface area contributed by atoms with Crippen molar-refractivity contribution >= 4 is 11.6 Å². The zero-order valence-corrected chi connectivity index (χ0v) is 12.8. The molecule has 0 fully saturated rings. The van der Waals surface area contributed by atoms with E-state index in [0.717, 1.165) is 0 Å². The molecule has 116 valence electrons. The summed E-state index contributed by atoms with van der Waals surface area (Å²) < 4.78 is 4.86. The van der Waals surface area contributed by atoms with Crippen molar-refractivity contribution in [3.63, 3.8) is 0 Å². The number of allylic oxidation sites excluding steroid dienone is 2. The highest BCUT2D eigenvalue weighted by molar-refractivity contribution is 5.95. The van der Waals surface area contributed by atoms with E-state index in [1.165, 1.54) is 0 Å². The van der Waals surface area contributed by atoms with Crippen LogP contribution in [0.2, 0.25) is 0 Å². The number of nitrogens with zero attached hydrogens (tertiary/aromatic N) is 3. The molecular weight excluding hydrogens is 294 g/mol. The number of ether oxygens (including phenoxy) is 1. The quantitative estimate of drug-likeness (QED) is 0.608. The fourth-order valence-corrected chi connectivity index (χ4v) is 1.73. The first-order valence-corrected chi connectivity index (χ1v) is 6.66. The Morgan fingerprint density at radius 2 is 1.91 bits per heavy atom. The molecule has 0 aromatic heterocycles. The van der Waals surface area contributed by atoms with Crippen LogP contribution in [-0.4, -0.2) is 26.2 Å². The van der Waals surface area contributed by atoms with Crippen LogP contribution < -0.4 is 10.6 Å². The maximum Gasteiger partial charge on any atom is 0.251 e. The van der Waals surface area contributed by atoms with Gasteiger partial charge in [-0.15, -0.1) is 0 Å². The Morgan fingerprint density at radius 3 is 2.43 bits per heavy atom. The Hall–Kier alpha value is -3.34. The molecule has 2 N–H and O–H groups in total. The second-order valence-corrected chi connectivity index (χ2v) is 4.49. The second-order valence-electron chi connectivity index (χ2n) is 4.49. The van der Waals surface area contributed by atoms with Gasteiger partial charge in [0.05, 0.1) is 6.61 Å². The molecule has 0 aliphatic carbocycles. The van der Waals surface area contributed by atoms with Crippen LogP contribution in [0.15, 0.2) is 29.5 Å². The van der Waals surface area contributed by atoms with Crippen LogP contribution in [0, 0.1) is 40.9 Å². The molecule has 7 nitrogen and oxygen atoms in total. The lowest BCUT2D eigenvalue weighted by molar-refractivity contribution is 0.0937. The van der Waals surface area contributed by atoms with Crippen LogP contribution in [0.4, 0.5) is 5.69 Å². The molecule has 0 aliphatic rings. The summed E-state index contributed by atoms with van der Waals surface area (Å²) in [6.07, 6.45) is 0. The fraction of sp³-hybridized carbons (Fsp3) is 0.250. The number of nitrogens with one attached hydrogen (secondary N) is 2. The van der Waals surface area contributed by atoms with E-state index in [9.17, 15) is 4.79 Å². The van der Waals surface area contributed by atoms with Gasteiger partial charge in [0.15, 0.2) is 5.57 Å². The molecule has 0 spiro atoms. The molecule has 23 heavy (non-hydrogen) atoms. The first kappa shape index (κ1) is 17.7. The predicted octanol–water partition coefficient (Wildman–Crippen LogP) is 1.61. The third kappa shape index (κ3) is 4.86. The summed E-state index contributed by atoms with van der Waals surface area (Å²) in [6, 6.07) is 9.95. The van der Waals surface area contributed by atoms with Gasteiger partial charge in [-0.25, -0.2) is 0 Å². The van der Waals surface area contributed by atoms with E-state index >= 15 is 0 Å². The normalized spacial score (nSPS) is 9.00. The summed E-state index contributed by atoms with van der Waals surface area (Å²) in [5.41, 5.74) is 1.28. The van der Waals surface area contributed by atoms with Crippen molar-refractivity contribution < 1.29 is 9.53 Å². The number of anilines is 1. The van der Waals surface area contributed by atoms with E-state index in [4.69, 9.17) is 20.5 Å². The van der Waals surface area contributed by atoms with Crippen LogP contribution in [-0.2, 0) is 4.74 Å². The molecule has 0 saturated heterocycles. The molecular formula is C16H15N5O2. The zero-order valence-electron chi connectivity index (χ0n) is 12.8. The van der Waals surface area contributed by atoms with E-state index in [-0.39, 0.29) is 17.2 Å². The summed E-state index contributed by atoms with van der Waals surface area (Å²) >= 11 is 0. The number of carbonyl (C=O) groups is 1. The standard InChI is InChI=1S/C16H15N5O2/c1-11-7-12(16(22)20-5-6-23-2)3-4-14(11)21-15(10-19)13(8-17)9-18/h3-4,7,21H,5-6H2,1-2H3,(H,20,22). The minimum atomic E-state index is -0.298. The van der Waals surface area contributed by atoms with E-state index in [1.807, 2.05) is 0 Å². The molecule has 1 aromatic rings. The lowest BCUT2D eigenvalue weighted by Gasteiger charge is -2.10. The molecule has 0 atom stereocenters. The summed E-state index contributed by atoms with van der Waals surface area (Å²) in [5, 5.41) is 32.1. The lowest BCUT2D eigenvalue weighted by Crippen LogP contribution is -2.27. The average Bonchev–Trinajstić information content (AvgIpc) is 2.56. The van der Waals surface area contributed by atoms with Gasteiger partial charge in [-0.1, -0.05) is 0 Å². The van der Waals surface area contributed by atoms with Crippen molar-refractivity contribution in [2.75, 3.05) is 25.6 Å². The van der Waals surface area contributed by atoms with Gasteiger partial charge in [0.2, 0.25) is 0 Å². The van der Waals surface area contributed by atoms with Gasteiger partial charge < -0.3 is 15.4 Å². The molecule has 0 unspecified atom stereocenters. The van der Waals surface area contributed by atoms with Gasteiger partial charge in [0.1, 0.15) is 23.9 Å². The maximum atomic E-state index is 11.9. The first-order valence-electron chi connectivity index (χ1n) is 6.66. The fourth-order valence-electron chi connectivity index (χ4n) is 1.73. The second kappa shape index (κ2) is 8.84. The van der Waals surface area contributed by atoms with Crippen molar-refractivity contribution in [2.24, 2.45) is 0 Å². The van der Waals surface area contributed by atoms with E-state index in [1.54, 1.807) is 50.4 Å². The Labute approximate surface area is 134 Å². The molecule has 1 amide bonds. The predicted molar refractivity (Wildman–Crippen MR) is 82.9 cm³/mol. The highest BCUT2D eigenvalue weighted by atomic mass is 16.5. The summed E-state index contributed by atoms with van der Waals surface area (Å²) in [6.45, 7) is 2.58. The van der Waals surface area contributed by atoms with E-state index in [0.29, 0.717) is 30.0 Å². The number of amides is 1. The number of hydrogen-bond acceptors (Lipinski definition) is 6. The Bertz CT molecular complexity index is 731. The van der Waals surface area contributed by atoms with Crippen LogP contribution in [0.3, 0.4) is 0 Å². The number of rotatable bonds is 6. The lowest BCUT2D eigenvalue weighted by atomic mass is 10.1. The van der Waals surface area contributed by atoms with Crippen LogP contribution in [0.5, 0.6) is 0 Å². The monoisotopic (exact) mass is 309 g/mol. The summed E-state index contributed by atoms with van der Waals surface area (Å²) in [5.74, 6) is -0.234. The van der Waals surface area contributed by atoms with Gasteiger partial charge in [0.25, 0.3) is 5.91 Å². The number of nitriles is 3. The van der Waals surface area contributed by atoms with Gasteiger partial charge in [0, 0.05) is 24.9 Å². The smallest absolute Gasteiger partial charge is 0.251 e. The minimum Gasteiger partial charge on any atom is -0.383 e. The molecule has 0 heterocycles. The maximum absolute atomic E-state index is 11.9. The Kier molecular flexibility index (Phi) is 6.81. The zero-order chi connectivity index (χ0) is 17.2. The SMILES string of the molecule is COCCNC(=O)c1ccc(NC(C#N)=C(C#N)C#N)c(C)c1. The van der Waals surface area contributed by atoms with E-state index < -0.39 is 0 Å². The van der Waals surface area contributed by atoms with Crippen molar-refractivity contribution in [1.29, 1.82) is 15.8 Å². The van der Waals surface area contributed by atoms with Crippen molar-refractivity contribution in [3.05, 3.63) is 40.6 Å². The van der Waals surface area contributed by atoms with Gasteiger partial charge in [-0.05, 0) is 30.7 Å². The van der Waals surface area contributed by atoms with E-state index in [2.05, 4.69) is 10.6 Å². The average molecular weight is 309 g/mol. The molecule has 0 saturated carbocycles. The van der Waals surface area contributed by atoms with Crippen molar-refractivity contribution in [2.45, 2.75) is 6.92 Å². The number of aryl methyl sites for hydroxylation is 1. The topological polar surface area (TPSA) is 122 Å². The molecule has 0 bridgehead atoms. The third-order valence-electron chi connectivity index (χ3n) is 2.93. The highest BCUT2D eigenvalue weighted by Crippen LogP contribution is 2.19. The summed E-state index contributed by atoms with van der Waals surface area (Å²) in [7, 11) is 1.55. The molecule has 1 aromatic carbocycles. The van der Waals surface area contributed by atoms with Crippen LogP contribution in [0.25, 0.3) is 0 Å². The van der Waals surface area contributed by atoms with Gasteiger partial charge in [-0.3, -0.25) is 4.79 Å². The third-order valence-corrected chi connectivity index (χ3v) is 2.93. The molecule has 0 aliphatic heterocycles. The highest BCUT2D eigenvalue weighted by Gasteiger charge is 2.10. The number of methoxy groups -OCH3 is 1. The van der Waals surface area contributed by atoms with Gasteiger partial charge in [-0.2, -0.15) is 15.8 Å².